The number of nitriles is 1. The summed E-state index contributed by atoms with van der Waals surface area (Å²) in [5.74, 6) is 0.567. The molecule has 0 saturated carbocycles. The van der Waals surface area contributed by atoms with Crippen LogP contribution in [-0.2, 0) is 0 Å². The number of hydrogen-bond donors (Lipinski definition) is 3. The molecule has 0 radical (unpaired) electrons. The van der Waals surface area contributed by atoms with Crippen LogP contribution >= 0.6 is 0 Å². The van der Waals surface area contributed by atoms with E-state index in [4.69, 9.17) is 10.4 Å². The Morgan fingerprint density at radius 3 is 2.57 bits per heavy atom. The lowest BCUT2D eigenvalue weighted by atomic mass is 10.2. The third kappa shape index (κ3) is 4.21. The molecule has 1 aromatic heterocycles. The van der Waals surface area contributed by atoms with Gasteiger partial charge in [0.1, 0.15) is 17.6 Å². The number of nitrogens with one attached hydrogen (secondary N) is 2. The monoisotopic (exact) mass is 282 g/mol. The van der Waals surface area contributed by atoms with Crippen LogP contribution in [0.3, 0.4) is 0 Å². The zero-order valence-electron chi connectivity index (χ0n) is 11.2. The minimum absolute atomic E-state index is 0.125. The summed E-state index contributed by atoms with van der Waals surface area (Å²) in [4.78, 5) is 15.8. The molecular weight excluding hydrogens is 268 g/mol. The lowest BCUT2D eigenvalue weighted by molar-refractivity contribution is 0.0955. The first-order valence-corrected chi connectivity index (χ1v) is 6.36. The van der Waals surface area contributed by atoms with Crippen molar-refractivity contribution in [1.29, 1.82) is 5.26 Å². The summed E-state index contributed by atoms with van der Waals surface area (Å²) >= 11 is 0. The van der Waals surface area contributed by atoms with Crippen molar-refractivity contribution in [3.05, 3.63) is 53.7 Å². The number of carbonyl (C=O) groups excluding carboxylic acids is 1. The quantitative estimate of drug-likeness (QED) is 0.722. The number of anilines is 1. The maximum absolute atomic E-state index is 11.8. The van der Waals surface area contributed by atoms with Gasteiger partial charge in [-0.25, -0.2) is 4.98 Å². The fraction of sp³-hybridized carbons (Fsp3) is 0.133. The molecule has 0 unspecified atom stereocenters. The molecule has 0 fully saturated rings. The zero-order valence-corrected chi connectivity index (χ0v) is 11.2. The van der Waals surface area contributed by atoms with Crippen molar-refractivity contribution in [2.75, 3.05) is 18.4 Å². The lowest BCUT2D eigenvalue weighted by Crippen LogP contribution is -2.28. The fourth-order valence-corrected chi connectivity index (χ4v) is 1.65. The number of aromatic hydroxyl groups is 1. The number of nitrogens with zero attached hydrogens (tertiary/aromatic N) is 2. The number of benzene rings is 1. The van der Waals surface area contributed by atoms with Crippen molar-refractivity contribution >= 4 is 11.7 Å². The molecule has 0 spiro atoms. The highest BCUT2D eigenvalue weighted by molar-refractivity contribution is 5.94. The van der Waals surface area contributed by atoms with E-state index in [2.05, 4.69) is 15.6 Å². The summed E-state index contributed by atoms with van der Waals surface area (Å²) < 4.78 is 0. The van der Waals surface area contributed by atoms with E-state index in [0.29, 0.717) is 30.0 Å². The predicted molar refractivity (Wildman–Crippen MR) is 77.9 cm³/mol. The van der Waals surface area contributed by atoms with Gasteiger partial charge in [0.25, 0.3) is 5.91 Å². The van der Waals surface area contributed by atoms with E-state index in [1.165, 1.54) is 18.3 Å². The highest BCUT2D eigenvalue weighted by Crippen LogP contribution is 2.09. The van der Waals surface area contributed by atoms with Gasteiger partial charge >= 0.3 is 0 Å². The summed E-state index contributed by atoms with van der Waals surface area (Å²) in [6.07, 6.45) is 1.48. The molecule has 1 amide bonds. The molecule has 3 N–H and O–H groups in total. The van der Waals surface area contributed by atoms with Crippen LogP contribution in [-0.4, -0.2) is 29.1 Å². The maximum atomic E-state index is 11.8. The first kappa shape index (κ1) is 14.3. The average molecular weight is 282 g/mol. The van der Waals surface area contributed by atoms with E-state index in [-0.39, 0.29) is 11.7 Å². The molecule has 1 heterocycles. The Balaban J connectivity index is 1.75. The van der Waals surface area contributed by atoms with Crippen molar-refractivity contribution in [2.24, 2.45) is 0 Å². The average Bonchev–Trinajstić information content (AvgIpc) is 2.52. The number of amides is 1. The Morgan fingerprint density at radius 2 is 1.95 bits per heavy atom. The Hall–Kier alpha value is -3.07. The van der Waals surface area contributed by atoms with Crippen molar-refractivity contribution in [2.45, 2.75) is 0 Å². The molecule has 2 rings (SSSR count). The van der Waals surface area contributed by atoms with Gasteiger partial charge in [0.2, 0.25) is 0 Å². The van der Waals surface area contributed by atoms with E-state index in [1.54, 1.807) is 24.3 Å². The number of phenols is 1. The van der Waals surface area contributed by atoms with Gasteiger partial charge in [0.05, 0.1) is 5.56 Å². The molecule has 0 saturated heterocycles. The number of aromatic nitrogens is 1. The molecule has 6 nitrogen and oxygen atoms in total. The second kappa shape index (κ2) is 6.91. The Kier molecular flexibility index (Phi) is 4.72. The van der Waals surface area contributed by atoms with E-state index in [9.17, 15) is 4.79 Å². The molecule has 6 heteroatoms. The van der Waals surface area contributed by atoms with Gasteiger partial charge in [0.15, 0.2) is 0 Å². The smallest absolute Gasteiger partial charge is 0.251 e. The van der Waals surface area contributed by atoms with Gasteiger partial charge < -0.3 is 15.7 Å². The van der Waals surface area contributed by atoms with Crippen LogP contribution in [0.15, 0.2) is 42.6 Å². The number of carbonyl (C=O) groups is 1. The molecule has 0 bridgehead atoms. The van der Waals surface area contributed by atoms with E-state index in [1.807, 2.05) is 6.07 Å². The largest absolute Gasteiger partial charge is 0.508 e. The molecule has 2 aromatic rings. The predicted octanol–water partition coefficient (Wildman–Crippen LogP) is 1.50. The van der Waals surface area contributed by atoms with Crippen LogP contribution in [0.4, 0.5) is 5.82 Å². The molecule has 106 valence electrons. The van der Waals surface area contributed by atoms with Gasteiger partial charge in [0, 0.05) is 24.8 Å². The molecule has 0 aliphatic heterocycles. The number of rotatable bonds is 5. The summed E-state index contributed by atoms with van der Waals surface area (Å²) in [6, 6.07) is 11.4. The molecular formula is C15H14N4O2. The molecule has 0 aliphatic rings. The highest BCUT2D eigenvalue weighted by Gasteiger charge is 2.04. The van der Waals surface area contributed by atoms with Crippen LogP contribution in [0.1, 0.15) is 15.9 Å². The highest BCUT2D eigenvalue weighted by atomic mass is 16.3. The molecule has 0 atom stereocenters. The Bertz CT molecular complexity index is 645. The minimum atomic E-state index is -0.204. The van der Waals surface area contributed by atoms with Gasteiger partial charge in [-0.15, -0.1) is 0 Å². The van der Waals surface area contributed by atoms with Crippen LogP contribution in [0.25, 0.3) is 0 Å². The third-order valence-corrected chi connectivity index (χ3v) is 2.74. The number of phenolic OH excluding ortho intramolecular Hbond substituents is 1. The molecule has 21 heavy (non-hydrogen) atoms. The Labute approximate surface area is 122 Å². The maximum Gasteiger partial charge on any atom is 0.251 e. The van der Waals surface area contributed by atoms with Crippen molar-refractivity contribution in [1.82, 2.24) is 10.3 Å². The van der Waals surface area contributed by atoms with Gasteiger partial charge in [-0.05, 0) is 36.4 Å². The summed E-state index contributed by atoms with van der Waals surface area (Å²) in [7, 11) is 0. The van der Waals surface area contributed by atoms with Gasteiger partial charge in [-0.3, -0.25) is 4.79 Å². The summed E-state index contributed by atoms with van der Waals surface area (Å²) in [6.45, 7) is 0.949. The van der Waals surface area contributed by atoms with Crippen LogP contribution in [0.5, 0.6) is 5.75 Å². The fourth-order valence-electron chi connectivity index (χ4n) is 1.65. The summed E-state index contributed by atoms with van der Waals surface area (Å²) in [5, 5.41) is 23.6. The first-order chi connectivity index (χ1) is 10.2. The lowest BCUT2D eigenvalue weighted by Gasteiger charge is -2.07. The standard InChI is InChI=1S/C15H14N4O2/c16-9-11-1-6-14(19-10-11)17-7-8-18-15(21)12-2-4-13(20)5-3-12/h1-6,10,20H,7-8H2,(H,17,19)(H,18,21). The second-order valence-electron chi connectivity index (χ2n) is 4.27. The van der Waals surface area contributed by atoms with Crippen LogP contribution < -0.4 is 10.6 Å². The molecule has 0 aliphatic carbocycles. The number of pyridine rings is 1. The van der Waals surface area contributed by atoms with Crippen LogP contribution in [0, 0.1) is 11.3 Å². The third-order valence-electron chi connectivity index (χ3n) is 2.74. The van der Waals surface area contributed by atoms with E-state index >= 15 is 0 Å². The minimum Gasteiger partial charge on any atom is -0.508 e. The topological polar surface area (TPSA) is 98.0 Å². The van der Waals surface area contributed by atoms with Crippen molar-refractivity contribution in [3.63, 3.8) is 0 Å². The van der Waals surface area contributed by atoms with E-state index in [0.717, 1.165) is 0 Å². The van der Waals surface area contributed by atoms with Crippen molar-refractivity contribution in [3.8, 4) is 11.8 Å². The van der Waals surface area contributed by atoms with E-state index < -0.39 is 0 Å². The zero-order chi connectivity index (χ0) is 15.1. The second-order valence-corrected chi connectivity index (χ2v) is 4.27. The number of hydrogen-bond acceptors (Lipinski definition) is 5. The normalized spacial score (nSPS) is 9.67. The van der Waals surface area contributed by atoms with Gasteiger partial charge in [-0.1, -0.05) is 0 Å². The SMILES string of the molecule is N#Cc1ccc(NCCNC(=O)c2ccc(O)cc2)nc1. The van der Waals surface area contributed by atoms with Gasteiger partial charge in [-0.2, -0.15) is 5.26 Å². The Morgan fingerprint density at radius 1 is 1.19 bits per heavy atom. The van der Waals surface area contributed by atoms with Crippen molar-refractivity contribution < 1.29 is 9.90 Å². The van der Waals surface area contributed by atoms with Crippen LogP contribution in [0.2, 0.25) is 0 Å². The first-order valence-electron chi connectivity index (χ1n) is 6.36. The summed E-state index contributed by atoms with van der Waals surface area (Å²) in [5.41, 5.74) is 0.991. The molecule has 1 aromatic carbocycles.